The number of phosphoric ester groups is 1. The number of allylic oxidation sites excluding steroid dienone is 6. The molecule has 2 atom stereocenters. The largest absolute Gasteiger partial charge is 0.472 e. The minimum atomic E-state index is -4.37. The van der Waals surface area contributed by atoms with E-state index < -0.39 is 32.5 Å². The molecular formula is C39H72NO8P. The third-order valence-corrected chi connectivity index (χ3v) is 9.01. The molecule has 0 fully saturated rings. The van der Waals surface area contributed by atoms with Crippen LogP contribution < -0.4 is 5.73 Å². The third kappa shape index (κ3) is 35.8. The molecule has 286 valence electrons. The average molecular weight is 714 g/mol. The van der Waals surface area contributed by atoms with E-state index in [1.165, 1.54) is 70.6 Å². The van der Waals surface area contributed by atoms with Gasteiger partial charge in [-0.25, -0.2) is 4.57 Å². The maximum atomic E-state index is 12.5. The van der Waals surface area contributed by atoms with Crippen LogP contribution in [0.25, 0.3) is 0 Å². The number of esters is 2. The lowest BCUT2D eigenvalue weighted by molar-refractivity contribution is -0.161. The number of hydrogen-bond acceptors (Lipinski definition) is 8. The number of carbonyl (C=O) groups is 2. The van der Waals surface area contributed by atoms with E-state index in [4.69, 9.17) is 24.3 Å². The molecule has 49 heavy (non-hydrogen) atoms. The highest BCUT2D eigenvalue weighted by Gasteiger charge is 2.25. The number of rotatable bonds is 36. The lowest BCUT2D eigenvalue weighted by Gasteiger charge is -2.19. The summed E-state index contributed by atoms with van der Waals surface area (Å²) < 4.78 is 32.6. The Hall–Kier alpha value is -1.77. The molecule has 0 saturated carbocycles. The number of phosphoric acid groups is 1. The van der Waals surface area contributed by atoms with Crippen molar-refractivity contribution in [3.8, 4) is 0 Å². The summed E-state index contributed by atoms with van der Waals surface area (Å²) in [4.78, 5) is 34.7. The van der Waals surface area contributed by atoms with Gasteiger partial charge < -0.3 is 20.1 Å². The Labute approximate surface area is 299 Å². The van der Waals surface area contributed by atoms with Gasteiger partial charge in [-0.1, -0.05) is 140 Å². The zero-order chi connectivity index (χ0) is 36.1. The van der Waals surface area contributed by atoms with Gasteiger partial charge in [-0.15, -0.1) is 0 Å². The normalized spacial score (nSPS) is 13.8. The maximum absolute atomic E-state index is 12.5. The first kappa shape index (κ1) is 47.2. The first-order valence-electron chi connectivity index (χ1n) is 19.5. The first-order valence-corrected chi connectivity index (χ1v) is 21.0. The average Bonchev–Trinajstić information content (AvgIpc) is 3.08. The van der Waals surface area contributed by atoms with E-state index in [1.54, 1.807) is 0 Å². The van der Waals surface area contributed by atoms with E-state index in [0.29, 0.717) is 12.8 Å². The van der Waals surface area contributed by atoms with Gasteiger partial charge in [-0.3, -0.25) is 18.6 Å². The maximum Gasteiger partial charge on any atom is 0.472 e. The van der Waals surface area contributed by atoms with Gasteiger partial charge in [0.1, 0.15) is 6.61 Å². The molecule has 0 aromatic carbocycles. The van der Waals surface area contributed by atoms with Gasteiger partial charge in [0.25, 0.3) is 0 Å². The molecule has 2 unspecified atom stereocenters. The molecule has 0 spiro atoms. The molecule has 3 N–H and O–H groups in total. The third-order valence-electron chi connectivity index (χ3n) is 8.03. The van der Waals surface area contributed by atoms with Crippen LogP contribution in [0.5, 0.6) is 0 Å². The van der Waals surface area contributed by atoms with Gasteiger partial charge in [-0.2, -0.15) is 0 Å². The van der Waals surface area contributed by atoms with Gasteiger partial charge in [-0.05, 0) is 51.4 Å². The topological polar surface area (TPSA) is 134 Å². The second kappa shape index (κ2) is 36.0. The Morgan fingerprint density at radius 2 is 1.06 bits per heavy atom. The summed E-state index contributed by atoms with van der Waals surface area (Å²) in [5.41, 5.74) is 5.33. The van der Waals surface area contributed by atoms with Crippen molar-refractivity contribution in [3.63, 3.8) is 0 Å². The molecule has 0 rings (SSSR count). The molecule has 0 aromatic heterocycles. The summed E-state index contributed by atoms with van der Waals surface area (Å²) in [6.07, 6.45) is 37.4. The van der Waals surface area contributed by atoms with E-state index in [0.717, 1.165) is 57.8 Å². The van der Waals surface area contributed by atoms with Crippen molar-refractivity contribution in [2.75, 3.05) is 26.4 Å². The monoisotopic (exact) mass is 713 g/mol. The Morgan fingerprint density at radius 3 is 1.61 bits per heavy atom. The molecule has 9 nitrogen and oxygen atoms in total. The van der Waals surface area contributed by atoms with E-state index in [9.17, 15) is 19.0 Å². The van der Waals surface area contributed by atoms with Crippen LogP contribution in [0.1, 0.15) is 168 Å². The van der Waals surface area contributed by atoms with Crippen LogP contribution in [0.2, 0.25) is 0 Å². The van der Waals surface area contributed by atoms with Crippen molar-refractivity contribution in [1.29, 1.82) is 0 Å². The Morgan fingerprint density at radius 1 is 0.612 bits per heavy atom. The number of hydrogen-bond donors (Lipinski definition) is 2. The number of unbranched alkanes of at least 4 members (excludes halogenated alkanes) is 17. The van der Waals surface area contributed by atoms with E-state index in [2.05, 4.69) is 50.3 Å². The highest BCUT2D eigenvalue weighted by molar-refractivity contribution is 7.47. The molecule has 0 saturated heterocycles. The molecule has 0 aromatic rings. The second-order valence-electron chi connectivity index (χ2n) is 12.8. The Balaban J connectivity index is 4.24. The van der Waals surface area contributed by atoms with Crippen LogP contribution in [0.3, 0.4) is 0 Å². The van der Waals surface area contributed by atoms with Crippen molar-refractivity contribution in [1.82, 2.24) is 0 Å². The first-order chi connectivity index (χ1) is 23.8. The van der Waals surface area contributed by atoms with Crippen LogP contribution in [0.4, 0.5) is 0 Å². The van der Waals surface area contributed by atoms with Gasteiger partial charge in [0, 0.05) is 19.4 Å². The van der Waals surface area contributed by atoms with E-state index in [1.807, 2.05) is 0 Å². The van der Waals surface area contributed by atoms with Gasteiger partial charge in [0.15, 0.2) is 6.10 Å². The zero-order valence-corrected chi connectivity index (χ0v) is 32.1. The summed E-state index contributed by atoms with van der Waals surface area (Å²) in [5, 5.41) is 0. The highest BCUT2D eigenvalue weighted by Crippen LogP contribution is 2.43. The lowest BCUT2D eigenvalue weighted by atomic mass is 10.1. The van der Waals surface area contributed by atoms with Gasteiger partial charge in [0.05, 0.1) is 13.2 Å². The lowest BCUT2D eigenvalue weighted by Crippen LogP contribution is -2.29. The van der Waals surface area contributed by atoms with Crippen molar-refractivity contribution < 1.29 is 37.6 Å². The summed E-state index contributed by atoms with van der Waals surface area (Å²) in [5.74, 6) is -0.855. The molecular weight excluding hydrogens is 641 g/mol. The SMILES string of the molecule is CCCCCC=CCC=CCC=CCCCCCCC(=O)OCC(COP(=O)(O)OCCN)OC(=O)CCCCCCCCCCCCC. The van der Waals surface area contributed by atoms with Crippen LogP contribution in [0, 0.1) is 0 Å². The molecule has 0 amide bonds. The molecule has 0 aliphatic heterocycles. The highest BCUT2D eigenvalue weighted by atomic mass is 31.2. The molecule has 0 aliphatic rings. The Bertz CT molecular complexity index is 907. The van der Waals surface area contributed by atoms with Crippen LogP contribution >= 0.6 is 7.82 Å². The fraction of sp³-hybridized carbons (Fsp3) is 0.795. The fourth-order valence-corrected chi connectivity index (χ4v) is 5.88. The fourth-order valence-electron chi connectivity index (χ4n) is 5.11. The van der Waals surface area contributed by atoms with E-state index >= 15 is 0 Å². The number of carbonyl (C=O) groups excluding carboxylic acids is 2. The van der Waals surface area contributed by atoms with Crippen molar-refractivity contribution in [3.05, 3.63) is 36.5 Å². The number of nitrogens with two attached hydrogens (primary N) is 1. The quantitative estimate of drug-likeness (QED) is 0.0281. The van der Waals surface area contributed by atoms with Gasteiger partial charge >= 0.3 is 19.8 Å². The number of ether oxygens (including phenoxy) is 2. The summed E-state index contributed by atoms with van der Waals surface area (Å²) in [6.45, 7) is 3.66. The predicted molar refractivity (Wildman–Crippen MR) is 201 cm³/mol. The van der Waals surface area contributed by atoms with Crippen LogP contribution in [-0.2, 0) is 32.7 Å². The van der Waals surface area contributed by atoms with Crippen molar-refractivity contribution in [2.45, 2.75) is 174 Å². The zero-order valence-electron chi connectivity index (χ0n) is 31.2. The molecule has 0 bridgehead atoms. The van der Waals surface area contributed by atoms with Crippen LogP contribution in [0.15, 0.2) is 36.5 Å². The summed E-state index contributed by atoms with van der Waals surface area (Å²) in [6, 6.07) is 0. The molecule has 0 heterocycles. The van der Waals surface area contributed by atoms with Crippen LogP contribution in [-0.4, -0.2) is 49.3 Å². The predicted octanol–water partition coefficient (Wildman–Crippen LogP) is 10.6. The van der Waals surface area contributed by atoms with Gasteiger partial charge in [0.2, 0.25) is 0 Å². The molecule has 0 aliphatic carbocycles. The smallest absolute Gasteiger partial charge is 0.462 e. The Kier molecular flexibility index (Phi) is 34.7. The standard InChI is InChI=1S/C39H72NO8P/c1-3-5-7-9-11-13-15-16-17-18-19-20-22-23-25-27-29-31-38(41)45-35-37(36-47-49(43,44)46-34-33-40)48-39(42)32-30-28-26-24-21-14-12-10-8-6-4-2/h11,13,16-17,19-20,37H,3-10,12,14-15,18,21-36,40H2,1-2H3,(H,43,44). The summed E-state index contributed by atoms with van der Waals surface area (Å²) >= 11 is 0. The minimum Gasteiger partial charge on any atom is -0.462 e. The van der Waals surface area contributed by atoms with Crippen molar-refractivity contribution in [2.24, 2.45) is 5.73 Å². The summed E-state index contributed by atoms with van der Waals surface area (Å²) in [7, 11) is -4.37. The van der Waals surface area contributed by atoms with E-state index in [-0.39, 0.29) is 32.6 Å². The second-order valence-corrected chi connectivity index (χ2v) is 14.3. The minimum absolute atomic E-state index is 0.0504. The molecule has 10 heteroatoms. The van der Waals surface area contributed by atoms with Crippen molar-refractivity contribution >= 4 is 19.8 Å². The molecule has 0 radical (unpaired) electrons.